The van der Waals surface area contributed by atoms with Crippen molar-refractivity contribution in [2.24, 2.45) is 0 Å². The molecule has 0 spiro atoms. The van der Waals surface area contributed by atoms with Crippen LogP contribution in [0.25, 0.3) is 5.69 Å². The third kappa shape index (κ3) is 4.34. The van der Waals surface area contributed by atoms with Crippen molar-refractivity contribution < 1.29 is 4.74 Å². The molecule has 1 aromatic heterocycles. The Morgan fingerprint density at radius 2 is 1.46 bits per heavy atom. The monoisotopic (exact) mass is 347 g/mol. The summed E-state index contributed by atoms with van der Waals surface area (Å²) in [6, 6.07) is 21.0. The Hall–Kier alpha value is -2.56. The van der Waals surface area contributed by atoms with Crippen molar-refractivity contribution in [1.29, 1.82) is 0 Å². The van der Waals surface area contributed by atoms with Crippen molar-refractivity contribution in [2.45, 2.75) is 13.2 Å². The molecule has 4 nitrogen and oxygen atoms in total. The van der Waals surface area contributed by atoms with Crippen LogP contribution in [0.2, 0.25) is 0 Å². The number of nitrogens with zero attached hydrogens (tertiary/aromatic N) is 2. The van der Waals surface area contributed by atoms with E-state index in [9.17, 15) is 0 Å². The standard InChI is InChI=1S/C22H25N3O/c1-2-14-25(13-1)21-7-9-22(10-8-21)26-18-20-5-3-19(4-6-20)17-24-15-11-23-12-16-24/h1-10,13-14,23H,11-12,15-18H2. The third-order valence-electron chi connectivity index (χ3n) is 4.78. The topological polar surface area (TPSA) is 29.4 Å². The highest BCUT2D eigenvalue weighted by Crippen LogP contribution is 2.17. The second-order valence-corrected chi connectivity index (χ2v) is 6.72. The average Bonchev–Trinajstić information content (AvgIpc) is 3.24. The maximum absolute atomic E-state index is 5.93. The molecule has 2 heterocycles. The predicted octanol–water partition coefficient (Wildman–Crippen LogP) is 3.46. The molecule has 1 aliphatic rings. The van der Waals surface area contributed by atoms with Crippen LogP contribution in [0, 0.1) is 0 Å². The first kappa shape index (κ1) is 16.9. The molecule has 26 heavy (non-hydrogen) atoms. The summed E-state index contributed by atoms with van der Waals surface area (Å²) in [6.07, 6.45) is 4.08. The van der Waals surface area contributed by atoms with Gasteiger partial charge < -0.3 is 14.6 Å². The largest absolute Gasteiger partial charge is 0.489 e. The lowest BCUT2D eigenvalue weighted by Gasteiger charge is -2.27. The second-order valence-electron chi connectivity index (χ2n) is 6.72. The zero-order valence-electron chi connectivity index (χ0n) is 15.0. The van der Waals surface area contributed by atoms with E-state index in [4.69, 9.17) is 4.74 Å². The maximum atomic E-state index is 5.93. The number of hydrogen-bond acceptors (Lipinski definition) is 3. The van der Waals surface area contributed by atoms with E-state index in [1.54, 1.807) is 0 Å². The summed E-state index contributed by atoms with van der Waals surface area (Å²) in [4.78, 5) is 2.49. The van der Waals surface area contributed by atoms with Crippen molar-refractivity contribution >= 4 is 0 Å². The van der Waals surface area contributed by atoms with Gasteiger partial charge in [0.1, 0.15) is 12.4 Å². The fourth-order valence-electron chi connectivity index (χ4n) is 3.26. The van der Waals surface area contributed by atoms with Crippen molar-refractivity contribution in [3.63, 3.8) is 0 Å². The molecule has 0 aliphatic carbocycles. The molecule has 1 N–H and O–H groups in total. The Morgan fingerprint density at radius 3 is 2.15 bits per heavy atom. The Bertz CT molecular complexity index is 788. The Balaban J connectivity index is 1.30. The normalized spacial score (nSPS) is 15.1. The van der Waals surface area contributed by atoms with Crippen molar-refractivity contribution in [1.82, 2.24) is 14.8 Å². The van der Waals surface area contributed by atoms with Gasteiger partial charge in [-0.1, -0.05) is 24.3 Å². The van der Waals surface area contributed by atoms with Gasteiger partial charge in [0.2, 0.25) is 0 Å². The molecular formula is C22H25N3O. The Labute approximate surface area is 155 Å². The van der Waals surface area contributed by atoms with Crippen LogP contribution in [0.3, 0.4) is 0 Å². The van der Waals surface area contributed by atoms with Crippen LogP contribution in [0.5, 0.6) is 5.75 Å². The molecule has 2 aromatic carbocycles. The number of benzene rings is 2. The Morgan fingerprint density at radius 1 is 0.808 bits per heavy atom. The number of aromatic nitrogens is 1. The van der Waals surface area contributed by atoms with Crippen LogP contribution in [-0.4, -0.2) is 35.6 Å². The highest BCUT2D eigenvalue weighted by molar-refractivity contribution is 5.38. The highest BCUT2D eigenvalue weighted by Gasteiger charge is 2.09. The van der Waals surface area contributed by atoms with E-state index in [-0.39, 0.29) is 0 Å². The van der Waals surface area contributed by atoms with Crippen LogP contribution >= 0.6 is 0 Å². The molecule has 4 heteroatoms. The van der Waals surface area contributed by atoms with Gasteiger partial charge in [-0.15, -0.1) is 0 Å². The first-order valence-electron chi connectivity index (χ1n) is 9.24. The Kier molecular flexibility index (Phi) is 5.33. The molecule has 0 saturated carbocycles. The molecule has 3 aromatic rings. The van der Waals surface area contributed by atoms with Crippen molar-refractivity contribution in [3.05, 3.63) is 84.2 Å². The molecule has 0 unspecified atom stereocenters. The molecule has 0 bridgehead atoms. The van der Waals surface area contributed by atoms with E-state index in [1.165, 1.54) is 11.1 Å². The molecule has 0 radical (unpaired) electrons. The quantitative estimate of drug-likeness (QED) is 0.740. The van der Waals surface area contributed by atoms with Crippen LogP contribution < -0.4 is 10.1 Å². The molecule has 1 saturated heterocycles. The number of hydrogen-bond donors (Lipinski definition) is 1. The average molecular weight is 347 g/mol. The zero-order chi connectivity index (χ0) is 17.6. The summed E-state index contributed by atoms with van der Waals surface area (Å²) in [5.41, 5.74) is 3.70. The third-order valence-corrected chi connectivity index (χ3v) is 4.78. The molecular weight excluding hydrogens is 322 g/mol. The van der Waals surface area contributed by atoms with Crippen molar-refractivity contribution in [2.75, 3.05) is 26.2 Å². The smallest absolute Gasteiger partial charge is 0.119 e. The fourth-order valence-corrected chi connectivity index (χ4v) is 3.26. The first-order valence-corrected chi connectivity index (χ1v) is 9.24. The SMILES string of the molecule is c1ccn(-c2ccc(OCc3ccc(CN4CCNCC4)cc3)cc2)c1. The second kappa shape index (κ2) is 8.21. The van der Waals surface area contributed by atoms with Gasteiger partial charge in [-0.3, -0.25) is 4.90 Å². The minimum atomic E-state index is 0.594. The minimum absolute atomic E-state index is 0.594. The summed E-state index contributed by atoms with van der Waals surface area (Å²) in [7, 11) is 0. The van der Waals surface area contributed by atoms with E-state index < -0.39 is 0 Å². The maximum Gasteiger partial charge on any atom is 0.119 e. The minimum Gasteiger partial charge on any atom is -0.489 e. The van der Waals surface area contributed by atoms with Crippen LogP contribution in [0.15, 0.2) is 73.1 Å². The predicted molar refractivity (Wildman–Crippen MR) is 105 cm³/mol. The van der Waals surface area contributed by atoms with E-state index in [1.807, 2.05) is 36.7 Å². The van der Waals surface area contributed by atoms with Crippen molar-refractivity contribution in [3.8, 4) is 11.4 Å². The lowest BCUT2D eigenvalue weighted by molar-refractivity contribution is 0.233. The molecule has 4 rings (SSSR count). The number of piperazine rings is 1. The lowest BCUT2D eigenvalue weighted by atomic mass is 10.1. The summed E-state index contributed by atoms with van der Waals surface area (Å²) in [5, 5.41) is 3.39. The zero-order valence-corrected chi connectivity index (χ0v) is 15.0. The highest BCUT2D eigenvalue weighted by atomic mass is 16.5. The number of ether oxygens (including phenoxy) is 1. The van der Waals surface area contributed by atoms with E-state index in [0.29, 0.717) is 6.61 Å². The van der Waals surface area contributed by atoms with Gasteiger partial charge >= 0.3 is 0 Å². The fraction of sp³-hybridized carbons (Fsp3) is 0.273. The van der Waals surface area contributed by atoms with Gasteiger partial charge in [-0.25, -0.2) is 0 Å². The van der Waals surface area contributed by atoms with Crippen LogP contribution in [-0.2, 0) is 13.2 Å². The van der Waals surface area contributed by atoms with Gasteiger partial charge in [-0.2, -0.15) is 0 Å². The van der Waals surface area contributed by atoms with E-state index in [2.05, 4.69) is 51.2 Å². The van der Waals surface area contributed by atoms with E-state index in [0.717, 1.165) is 44.2 Å². The van der Waals surface area contributed by atoms with Crippen LogP contribution in [0.4, 0.5) is 0 Å². The molecule has 134 valence electrons. The van der Waals surface area contributed by atoms with Gasteiger partial charge in [-0.05, 0) is 47.5 Å². The molecule has 1 aliphatic heterocycles. The van der Waals surface area contributed by atoms with Gasteiger partial charge in [0.15, 0.2) is 0 Å². The number of nitrogens with one attached hydrogen (secondary N) is 1. The molecule has 0 amide bonds. The number of rotatable bonds is 6. The summed E-state index contributed by atoms with van der Waals surface area (Å²) in [6.45, 7) is 6.07. The lowest BCUT2D eigenvalue weighted by Crippen LogP contribution is -2.42. The van der Waals surface area contributed by atoms with Gasteiger partial charge in [0, 0.05) is 50.8 Å². The van der Waals surface area contributed by atoms with Crippen LogP contribution in [0.1, 0.15) is 11.1 Å². The van der Waals surface area contributed by atoms with Gasteiger partial charge in [0.05, 0.1) is 0 Å². The molecule has 0 atom stereocenters. The van der Waals surface area contributed by atoms with Gasteiger partial charge in [0.25, 0.3) is 0 Å². The summed E-state index contributed by atoms with van der Waals surface area (Å²) >= 11 is 0. The molecule has 1 fully saturated rings. The first-order chi connectivity index (χ1) is 12.9. The summed E-state index contributed by atoms with van der Waals surface area (Å²) < 4.78 is 8.01. The van der Waals surface area contributed by atoms with E-state index >= 15 is 0 Å². The summed E-state index contributed by atoms with van der Waals surface area (Å²) in [5.74, 6) is 0.894.